The molecule has 50 valence electrons. The summed E-state index contributed by atoms with van der Waals surface area (Å²) < 4.78 is 0. The first-order chi connectivity index (χ1) is 4.34. The number of nitrogens with zero attached hydrogens (tertiary/aromatic N) is 1. The van der Waals surface area contributed by atoms with E-state index in [1.165, 1.54) is 21.4 Å². The van der Waals surface area contributed by atoms with Crippen LogP contribution in [0.1, 0.15) is 0 Å². The maximum atomic E-state index is 4.22. The molecule has 0 saturated heterocycles. The van der Waals surface area contributed by atoms with Gasteiger partial charge in [-0.15, -0.1) is 0 Å². The van der Waals surface area contributed by atoms with Gasteiger partial charge in [-0.1, -0.05) is 12.2 Å². The highest BCUT2D eigenvalue weighted by atomic mass is 28.3. The predicted molar refractivity (Wildman–Crippen MR) is 46.0 cm³/mol. The summed E-state index contributed by atoms with van der Waals surface area (Å²) in [5.74, 6) is 0. The Hall–Kier alpha value is -0.356. The minimum atomic E-state index is -0.596. The van der Waals surface area contributed by atoms with Crippen molar-refractivity contribution >= 4 is 24.5 Å². The van der Waals surface area contributed by atoms with Gasteiger partial charge in [0.1, 0.15) is 8.80 Å². The molecule has 1 rings (SSSR count). The molecule has 1 aromatic rings. The molecule has 1 aromatic heterocycles. The molecule has 0 amide bonds. The second-order valence-corrected chi connectivity index (χ2v) is 7.90. The lowest BCUT2D eigenvalue weighted by molar-refractivity contribution is 1.38. The molecule has 1 unspecified atom stereocenters. The van der Waals surface area contributed by atoms with Crippen LogP contribution in [0, 0.1) is 0 Å². The summed E-state index contributed by atoms with van der Waals surface area (Å²) in [6.45, 7) is 2.34. The van der Waals surface area contributed by atoms with Gasteiger partial charge in [-0.3, -0.25) is 0 Å². The van der Waals surface area contributed by atoms with E-state index in [4.69, 9.17) is 0 Å². The molecule has 2 nitrogen and oxygen atoms in total. The lowest BCUT2D eigenvalue weighted by Gasteiger charge is -1.99. The third-order valence-corrected chi connectivity index (χ3v) is 7.75. The Bertz CT molecular complexity index is 161. The highest BCUT2D eigenvalue weighted by Gasteiger charge is 2.04. The summed E-state index contributed by atoms with van der Waals surface area (Å²) in [7, 11) is 0.725. The molecule has 0 aromatic carbocycles. The van der Waals surface area contributed by atoms with Crippen molar-refractivity contribution in [3.05, 3.63) is 12.4 Å². The van der Waals surface area contributed by atoms with E-state index in [1.54, 1.807) is 0 Å². The van der Waals surface area contributed by atoms with Crippen LogP contribution in [0.5, 0.6) is 0 Å². The summed E-state index contributed by atoms with van der Waals surface area (Å²) in [5, 5.41) is 0. The van der Waals surface area contributed by atoms with Crippen molar-refractivity contribution in [3.63, 3.8) is 0 Å². The van der Waals surface area contributed by atoms with Crippen molar-refractivity contribution in [2.24, 2.45) is 0 Å². The van der Waals surface area contributed by atoms with Gasteiger partial charge >= 0.3 is 0 Å². The maximum absolute atomic E-state index is 4.22. The minimum absolute atomic E-state index is 0.596. The quantitative estimate of drug-likeness (QED) is 0.535. The van der Waals surface area contributed by atoms with Gasteiger partial charge in [-0.05, 0) is 0 Å². The summed E-state index contributed by atoms with van der Waals surface area (Å²) in [6, 6.07) is 0. The van der Waals surface area contributed by atoms with E-state index in [2.05, 4.69) is 16.5 Å². The average Bonchev–Trinajstić information content (AvgIpc) is 2.37. The van der Waals surface area contributed by atoms with Gasteiger partial charge in [-0.2, -0.15) is 0 Å². The molecule has 1 N–H and O–H groups in total. The molecule has 0 saturated carbocycles. The Labute approximate surface area is 59.7 Å². The number of hydrogen-bond acceptors (Lipinski definition) is 1. The number of H-pyrrole nitrogens is 1. The molecule has 0 aliphatic rings. The van der Waals surface area contributed by atoms with Gasteiger partial charge in [0.15, 0.2) is 0 Å². The van der Waals surface area contributed by atoms with E-state index in [9.17, 15) is 0 Å². The van der Waals surface area contributed by atoms with Crippen LogP contribution in [0.3, 0.4) is 0 Å². The molecular weight excluding hydrogens is 144 g/mol. The fraction of sp³-hybridized carbons (Fsp3) is 0.400. The number of nitrogens with one attached hydrogen (secondary N) is 1. The van der Waals surface area contributed by atoms with Crippen LogP contribution in [-0.2, 0) is 0 Å². The lowest BCUT2D eigenvalue weighted by atomic mass is 11.0. The van der Waals surface area contributed by atoms with Crippen LogP contribution in [0.4, 0.5) is 0 Å². The van der Waals surface area contributed by atoms with Gasteiger partial charge < -0.3 is 4.98 Å². The molecule has 9 heavy (non-hydrogen) atoms. The molecule has 0 radical (unpaired) electrons. The Balaban J connectivity index is 2.65. The molecule has 0 bridgehead atoms. The molecule has 0 fully saturated rings. The summed E-state index contributed by atoms with van der Waals surface area (Å²) in [6.07, 6.45) is 3.76. The first kappa shape index (κ1) is 6.76. The third-order valence-electron chi connectivity index (χ3n) is 1.60. The zero-order valence-corrected chi connectivity index (χ0v) is 9.04. The Morgan fingerprint density at radius 2 is 2.67 bits per heavy atom. The molecule has 1 atom stereocenters. The molecule has 0 aliphatic heterocycles. The SMILES string of the molecule is C[SiH](C[SiH3])c1ncc[nH]1. The van der Waals surface area contributed by atoms with Crippen molar-refractivity contribution in [1.29, 1.82) is 0 Å². The average molecular weight is 156 g/mol. The number of rotatable bonds is 2. The number of aromatic nitrogens is 2. The van der Waals surface area contributed by atoms with E-state index in [0.29, 0.717) is 0 Å². The molecular formula is C5H12N2Si2. The van der Waals surface area contributed by atoms with Crippen molar-refractivity contribution in [1.82, 2.24) is 9.97 Å². The van der Waals surface area contributed by atoms with Crippen molar-refractivity contribution in [2.75, 3.05) is 0 Å². The van der Waals surface area contributed by atoms with Crippen LogP contribution in [0.2, 0.25) is 12.2 Å². The fourth-order valence-electron chi connectivity index (χ4n) is 0.740. The van der Waals surface area contributed by atoms with Crippen LogP contribution < -0.4 is 5.45 Å². The second-order valence-electron chi connectivity index (χ2n) is 2.28. The fourth-order valence-corrected chi connectivity index (χ4v) is 3.01. The topological polar surface area (TPSA) is 28.7 Å². The zero-order chi connectivity index (χ0) is 6.69. The van der Waals surface area contributed by atoms with Crippen LogP contribution in [-0.4, -0.2) is 29.0 Å². The predicted octanol–water partition coefficient (Wildman–Crippen LogP) is -1.20. The standard InChI is InChI=1S/C5H12N2Si2/c1-9(4-8)5-6-2-3-7-5/h2-3,9H,4H2,1,8H3,(H,6,7). The molecule has 0 spiro atoms. The molecule has 0 aliphatic carbocycles. The molecule has 4 heteroatoms. The maximum Gasteiger partial charge on any atom is 0.110 e. The Morgan fingerprint density at radius 1 is 1.89 bits per heavy atom. The summed E-state index contributed by atoms with van der Waals surface area (Å²) >= 11 is 0. The van der Waals surface area contributed by atoms with Crippen LogP contribution >= 0.6 is 0 Å². The van der Waals surface area contributed by atoms with Gasteiger partial charge in [0, 0.05) is 22.6 Å². The van der Waals surface area contributed by atoms with E-state index >= 15 is 0 Å². The van der Waals surface area contributed by atoms with Gasteiger partial charge in [0.05, 0.1) is 5.45 Å². The van der Waals surface area contributed by atoms with Gasteiger partial charge in [-0.25, -0.2) is 4.98 Å². The summed E-state index contributed by atoms with van der Waals surface area (Å²) in [5.41, 5.74) is 2.69. The van der Waals surface area contributed by atoms with E-state index in [-0.39, 0.29) is 0 Å². The normalized spacial score (nSPS) is 13.9. The van der Waals surface area contributed by atoms with Crippen molar-refractivity contribution in [3.8, 4) is 0 Å². The van der Waals surface area contributed by atoms with E-state index < -0.39 is 8.80 Å². The largest absolute Gasteiger partial charge is 0.353 e. The zero-order valence-electron chi connectivity index (χ0n) is 5.89. The highest BCUT2D eigenvalue weighted by Crippen LogP contribution is 1.83. The minimum Gasteiger partial charge on any atom is -0.353 e. The van der Waals surface area contributed by atoms with Crippen molar-refractivity contribution in [2.45, 2.75) is 12.2 Å². The molecule has 1 heterocycles. The number of aromatic amines is 1. The third kappa shape index (κ3) is 1.52. The first-order valence-electron chi connectivity index (χ1n) is 3.34. The van der Waals surface area contributed by atoms with Gasteiger partial charge in [0.25, 0.3) is 0 Å². The summed E-state index contributed by atoms with van der Waals surface area (Å²) in [4.78, 5) is 7.38. The van der Waals surface area contributed by atoms with Crippen LogP contribution in [0.25, 0.3) is 0 Å². The second kappa shape index (κ2) is 2.98. The number of hydrogen-bond donors (Lipinski definition) is 1. The smallest absolute Gasteiger partial charge is 0.110 e. The monoisotopic (exact) mass is 156 g/mol. The highest BCUT2D eigenvalue weighted by molar-refractivity contribution is 6.75. The van der Waals surface area contributed by atoms with Crippen molar-refractivity contribution < 1.29 is 0 Å². The van der Waals surface area contributed by atoms with Gasteiger partial charge in [0.2, 0.25) is 0 Å². The Kier molecular flexibility index (Phi) is 2.24. The number of imidazole rings is 1. The van der Waals surface area contributed by atoms with Crippen LogP contribution in [0.15, 0.2) is 12.4 Å². The van der Waals surface area contributed by atoms with E-state index in [1.807, 2.05) is 12.4 Å². The lowest BCUT2D eigenvalue weighted by Crippen LogP contribution is -2.29. The van der Waals surface area contributed by atoms with E-state index in [0.717, 1.165) is 0 Å². The Morgan fingerprint density at radius 3 is 3.11 bits per heavy atom. The first-order valence-corrected chi connectivity index (χ1v) is 7.30.